The van der Waals surface area contributed by atoms with E-state index in [9.17, 15) is 19.5 Å². The van der Waals surface area contributed by atoms with E-state index in [4.69, 9.17) is 5.11 Å². The lowest BCUT2D eigenvalue weighted by Gasteiger charge is -2.22. The third kappa shape index (κ3) is 1.77. The second-order valence-corrected chi connectivity index (χ2v) is 5.37. The van der Waals surface area contributed by atoms with Gasteiger partial charge in [-0.3, -0.25) is 9.59 Å². The zero-order chi connectivity index (χ0) is 15.4. The molecule has 7 heteroatoms. The zero-order valence-corrected chi connectivity index (χ0v) is 11.2. The van der Waals surface area contributed by atoms with E-state index in [1.54, 1.807) is 31.3 Å². The quantitative estimate of drug-likeness (QED) is 0.617. The van der Waals surface area contributed by atoms with Gasteiger partial charge in [0, 0.05) is 30.1 Å². The lowest BCUT2D eigenvalue weighted by atomic mass is 9.97. The number of amides is 1. The number of nitrogens with one attached hydrogen (secondary N) is 2. The van der Waals surface area contributed by atoms with Crippen molar-refractivity contribution in [2.24, 2.45) is 17.8 Å². The summed E-state index contributed by atoms with van der Waals surface area (Å²) in [6, 6.07) is 6.57. The number of carbonyl (C=O) groups excluding carboxylic acids is 1. The smallest absolute Gasteiger partial charge is 0.330 e. The molecule has 2 unspecified atom stereocenters. The van der Waals surface area contributed by atoms with Crippen LogP contribution in [0.1, 0.15) is 10.4 Å². The van der Waals surface area contributed by atoms with Gasteiger partial charge in [0.25, 0.3) is 5.91 Å². The molecule has 3 rings (SSSR count). The Morgan fingerprint density at radius 2 is 1.67 bits per heavy atom. The van der Waals surface area contributed by atoms with E-state index >= 15 is 0 Å². The SMILES string of the molecule is CNc1ccc(C(=O)NC2(C(=O)O)C3C(C(=O)O)C32)cc1. The highest BCUT2D eigenvalue weighted by Gasteiger charge is 2.91. The Hall–Kier alpha value is -2.57. The summed E-state index contributed by atoms with van der Waals surface area (Å²) in [5, 5.41) is 23.5. The van der Waals surface area contributed by atoms with Crippen LogP contribution in [-0.2, 0) is 9.59 Å². The first-order valence-corrected chi connectivity index (χ1v) is 6.50. The van der Waals surface area contributed by atoms with Crippen LogP contribution in [0, 0.1) is 17.8 Å². The number of aliphatic carboxylic acids is 2. The van der Waals surface area contributed by atoms with Gasteiger partial charge in [0.1, 0.15) is 5.54 Å². The van der Waals surface area contributed by atoms with Crippen LogP contribution in [0.25, 0.3) is 0 Å². The molecule has 0 aliphatic heterocycles. The molecule has 0 radical (unpaired) electrons. The summed E-state index contributed by atoms with van der Waals surface area (Å²) in [7, 11) is 1.75. The van der Waals surface area contributed by atoms with Crippen LogP contribution in [0.4, 0.5) is 5.69 Å². The van der Waals surface area contributed by atoms with E-state index < -0.39 is 41.1 Å². The average Bonchev–Trinajstić information content (AvgIpc) is 3.33. The first-order valence-electron chi connectivity index (χ1n) is 6.50. The molecule has 0 saturated heterocycles. The molecule has 2 fully saturated rings. The maximum atomic E-state index is 12.1. The molecule has 0 bridgehead atoms. The van der Waals surface area contributed by atoms with Crippen molar-refractivity contribution in [3.63, 3.8) is 0 Å². The molecule has 1 aromatic rings. The van der Waals surface area contributed by atoms with Gasteiger partial charge in [0.15, 0.2) is 0 Å². The van der Waals surface area contributed by atoms with Crippen LogP contribution < -0.4 is 10.6 Å². The highest BCUT2D eigenvalue weighted by atomic mass is 16.4. The molecule has 0 heterocycles. The topological polar surface area (TPSA) is 116 Å². The fourth-order valence-corrected chi connectivity index (χ4v) is 3.06. The maximum absolute atomic E-state index is 12.1. The second kappa shape index (κ2) is 4.21. The summed E-state index contributed by atoms with van der Waals surface area (Å²) in [5.41, 5.74) is -0.227. The zero-order valence-electron chi connectivity index (χ0n) is 11.2. The summed E-state index contributed by atoms with van der Waals surface area (Å²) in [4.78, 5) is 34.3. The van der Waals surface area contributed by atoms with Gasteiger partial charge in [-0.2, -0.15) is 0 Å². The Balaban J connectivity index is 1.72. The fraction of sp³-hybridized carbons (Fsp3) is 0.357. The molecule has 0 aromatic heterocycles. The van der Waals surface area contributed by atoms with E-state index in [-0.39, 0.29) is 0 Å². The molecular weight excluding hydrogens is 276 g/mol. The summed E-state index contributed by atoms with van der Waals surface area (Å²) >= 11 is 0. The van der Waals surface area contributed by atoms with Gasteiger partial charge in [-0.15, -0.1) is 0 Å². The molecule has 110 valence electrons. The minimum Gasteiger partial charge on any atom is -0.481 e. The standard InChI is InChI=1S/C14H14N2O5/c1-15-7-4-2-6(3-5-7)11(17)16-14(13(20)21)9-8(10(9)14)12(18)19/h2-5,8-10,15H,1H3,(H,16,17)(H,18,19)(H,20,21). The van der Waals surface area contributed by atoms with Crippen molar-refractivity contribution in [1.29, 1.82) is 0 Å². The highest BCUT2D eigenvalue weighted by Crippen LogP contribution is 2.75. The van der Waals surface area contributed by atoms with Crippen molar-refractivity contribution >= 4 is 23.5 Å². The predicted molar refractivity (Wildman–Crippen MR) is 71.9 cm³/mol. The van der Waals surface area contributed by atoms with Crippen molar-refractivity contribution < 1.29 is 24.6 Å². The third-order valence-corrected chi connectivity index (χ3v) is 4.36. The monoisotopic (exact) mass is 290 g/mol. The number of benzene rings is 1. The average molecular weight is 290 g/mol. The molecule has 1 amide bonds. The lowest BCUT2D eigenvalue weighted by Crippen LogP contribution is -2.51. The molecule has 0 spiro atoms. The van der Waals surface area contributed by atoms with Gasteiger partial charge in [0.05, 0.1) is 5.92 Å². The molecule has 2 atom stereocenters. The number of hydrogen-bond acceptors (Lipinski definition) is 4. The van der Waals surface area contributed by atoms with E-state index in [1.807, 2.05) is 0 Å². The number of carboxylic acid groups (broad SMARTS) is 2. The predicted octanol–water partition coefficient (Wildman–Crippen LogP) is 0.242. The van der Waals surface area contributed by atoms with Gasteiger partial charge in [-0.1, -0.05) is 0 Å². The molecule has 2 aliphatic rings. The van der Waals surface area contributed by atoms with Crippen LogP contribution in [0.15, 0.2) is 24.3 Å². The lowest BCUT2D eigenvalue weighted by molar-refractivity contribution is -0.146. The molecule has 2 aliphatic carbocycles. The molecule has 7 nitrogen and oxygen atoms in total. The molecule has 4 N–H and O–H groups in total. The van der Waals surface area contributed by atoms with Crippen molar-refractivity contribution in [1.82, 2.24) is 5.32 Å². The summed E-state index contributed by atoms with van der Waals surface area (Å²) in [6.45, 7) is 0. The largest absolute Gasteiger partial charge is 0.481 e. The van der Waals surface area contributed by atoms with Gasteiger partial charge >= 0.3 is 11.9 Å². The number of fused-ring (bicyclic) bond motifs is 1. The number of carboxylic acids is 2. The second-order valence-electron chi connectivity index (χ2n) is 5.37. The summed E-state index contributed by atoms with van der Waals surface area (Å²) in [6.07, 6.45) is 0. The first-order chi connectivity index (χ1) is 9.93. The van der Waals surface area contributed by atoms with Crippen molar-refractivity contribution in [3.05, 3.63) is 29.8 Å². The van der Waals surface area contributed by atoms with Crippen molar-refractivity contribution in [2.75, 3.05) is 12.4 Å². The van der Waals surface area contributed by atoms with E-state index in [1.165, 1.54) is 0 Å². The Kier molecular flexibility index (Phi) is 2.69. The van der Waals surface area contributed by atoms with Gasteiger partial charge in [-0.05, 0) is 24.3 Å². The molecule has 21 heavy (non-hydrogen) atoms. The number of hydrogen-bond donors (Lipinski definition) is 4. The normalized spacial score (nSPS) is 31.8. The Bertz CT molecular complexity index is 629. The third-order valence-electron chi connectivity index (χ3n) is 4.36. The molecule has 2 saturated carbocycles. The minimum absolute atomic E-state index is 0.341. The summed E-state index contributed by atoms with van der Waals surface area (Å²) in [5.74, 6) is -4.31. The van der Waals surface area contributed by atoms with Gasteiger partial charge in [0.2, 0.25) is 0 Å². The molecular formula is C14H14N2O5. The van der Waals surface area contributed by atoms with Crippen LogP contribution in [0.5, 0.6) is 0 Å². The number of anilines is 1. The van der Waals surface area contributed by atoms with Crippen LogP contribution in [0.3, 0.4) is 0 Å². The minimum atomic E-state index is -1.40. The van der Waals surface area contributed by atoms with Crippen molar-refractivity contribution in [3.8, 4) is 0 Å². The first kappa shape index (κ1) is 13.4. The van der Waals surface area contributed by atoms with Crippen LogP contribution in [0.2, 0.25) is 0 Å². The molecule has 1 aromatic carbocycles. The Morgan fingerprint density at radius 3 is 2.10 bits per heavy atom. The highest BCUT2D eigenvalue weighted by molar-refractivity contribution is 6.02. The Labute approximate surface area is 120 Å². The fourth-order valence-electron chi connectivity index (χ4n) is 3.06. The van der Waals surface area contributed by atoms with E-state index in [0.717, 1.165) is 5.69 Å². The maximum Gasteiger partial charge on any atom is 0.330 e. The number of rotatable bonds is 5. The van der Waals surface area contributed by atoms with Crippen LogP contribution >= 0.6 is 0 Å². The van der Waals surface area contributed by atoms with Crippen LogP contribution in [-0.4, -0.2) is 40.6 Å². The van der Waals surface area contributed by atoms with Crippen molar-refractivity contribution in [2.45, 2.75) is 5.54 Å². The number of carbonyl (C=O) groups is 3. The van der Waals surface area contributed by atoms with E-state index in [0.29, 0.717) is 5.56 Å². The van der Waals surface area contributed by atoms with E-state index in [2.05, 4.69) is 10.6 Å². The Morgan fingerprint density at radius 1 is 1.10 bits per heavy atom. The summed E-state index contributed by atoms with van der Waals surface area (Å²) < 4.78 is 0. The van der Waals surface area contributed by atoms with Gasteiger partial charge < -0.3 is 20.8 Å². The van der Waals surface area contributed by atoms with Gasteiger partial charge in [-0.25, -0.2) is 4.79 Å².